The second kappa shape index (κ2) is 3.89. The van der Waals surface area contributed by atoms with Crippen molar-refractivity contribution in [1.29, 1.82) is 0 Å². The molecule has 1 aromatic rings. The van der Waals surface area contributed by atoms with E-state index in [4.69, 9.17) is 9.47 Å². The Morgan fingerprint density at radius 1 is 1.31 bits per heavy atom. The van der Waals surface area contributed by atoms with Crippen molar-refractivity contribution in [2.24, 2.45) is 0 Å². The fourth-order valence-corrected chi connectivity index (χ4v) is 1.49. The zero-order valence-electron chi connectivity index (χ0n) is 9.06. The predicted molar refractivity (Wildman–Crippen MR) is 57.1 cm³/mol. The molecular weight excluding hydrogens is 208 g/mol. The minimum atomic E-state index is -0.700. The zero-order chi connectivity index (χ0) is 11.7. The quantitative estimate of drug-likeness (QED) is 0.773. The number of carbonyl (C=O) groups is 1. The van der Waals surface area contributed by atoms with Gasteiger partial charge in [0.25, 0.3) is 6.29 Å². The van der Waals surface area contributed by atoms with Crippen LogP contribution in [0.1, 0.15) is 12.5 Å². The van der Waals surface area contributed by atoms with Crippen molar-refractivity contribution >= 4 is 5.97 Å². The van der Waals surface area contributed by atoms with E-state index in [1.165, 1.54) is 6.07 Å². The molecule has 0 spiro atoms. The number of ether oxygens (including phenoxy) is 2. The Morgan fingerprint density at radius 3 is 2.62 bits per heavy atom. The molecular formula is C12H12O4. The summed E-state index contributed by atoms with van der Waals surface area (Å²) in [7, 11) is 0. The SMILES string of the molecule is CC1=CC(Oc2cc(C)cc(O)c2)OC1=O. The summed E-state index contributed by atoms with van der Waals surface area (Å²) in [5, 5.41) is 9.37. The highest BCUT2D eigenvalue weighted by Crippen LogP contribution is 2.24. The van der Waals surface area contributed by atoms with Crippen LogP contribution >= 0.6 is 0 Å². The van der Waals surface area contributed by atoms with Crippen LogP contribution in [0.2, 0.25) is 0 Å². The van der Waals surface area contributed by atoms with Gasteiger partial charge >= 0.3 is 5.97 Å². The first kappa shape index (κ1) is 10.5. The minimum Gasteiger partial charge on any atom is -0.508 e. The summed E-state index contributed by atoms with van der Waals surface area (Å²) >= 11 is 0. The Bertz CT molecular complexity index is 442. The molecule has 0 amide bonds. The van der Waals surface area contributed by atoms with Crippen LogP contribution in [0.5, 0.6) is 11.5 Å². The van der Waals surface area contributed by atoms with Gasteiger partial charge in [0.15, 0.2) is 0 Å². The fraction of sp³-hybridized carbons (Fsp3) is 0.250. The van der Waals surface area contributed by atoms with E-state index in [1.54, 1.807) is 25.1 Å². The zero-order valence-corrected chi connectivity index (χ0v) is 9.06. The minimum absolute atomic E-state index is 0.125. The second-order valence-electron chi connectivity index (χ2n) is 3.75. The first-order valence-electron chi connectivity index (χ1n) is 4.91. The number of aromatic hydroxyl groups is 1. The van der Waals surface area contributed by atoms with Crippen LogP contribution in [0.4, 0.5) is 0 Å². The number of carbonyl (C=O) groups excluding carboxylic acids is 1. The van der Waals surface area contributed by atoms with Crippen molar-refractivity contribution in [3.8, 4) is 11.5 Å². The number of esters is 1. The van der Waals surface area contributed by atoms with E-state index in [9.17, 15) is 9.90 Å². The first-order chi connectivity index (χ1) is 7.54. The number of aryl methyl sites for hydroxylation is 1. The summed E-state index contributed by atoms with van der Waals surface area (Å²) in [4.78, 5) is 11.1. The van der Waals surface area contributed by atoms with Gasteiger partial charge in [0, 0.05) is 17.7 Å². The average molecular weight is 220 g/mol. The number of phenols is 1. The molecule has 1 atom stereocenters. The van der Waals surface area contributed by atoms with Crippen molar-refractivity contribution in [2.45, 2.75) is 20.1 Å². The summed E-state index contributed by atoms with van der Waals surface area (Å²) in [6, 6.07) is 4.85. The van der Waals surface area contributed by atoms with E-state index in [1.807, 2.05) is 6.92 Å². The molecule has 1 unspecified atom stereocenters. The molecule has 0 bridgehead atoms. The van der Waals surface area contributed by atoms with Crippen LogP contribution in [-0.4, -0.2) is 17.4 Å². The van der Waals surface area contributed by atoms with E-state index in [-0.39, 0.29) is 11.7 Å². The van der Waals surface area contributed by atoms with Crippen LogP contribution in [0.15, 0.2) is 29.8 Å². The third-order valence-electron chi connectivity index (χ3n) is 2.22. The normalized spacial score (nSPS) is 19.2. The largest absolute Gasteiger partial charge is 0.508 e. The van der Waals surface area contributed by atoms with Gasteiger partial charge in [-0.05, 0) is 31.5 Å². The molecule has 0 saturated heterocycles. The Balaban J connectivity index is 2.13. The molecule has 0 fully saturated rings. The van der Waals surface area contributed by atoms with Gasteiger partial charge in [-0.2, -0.15) is 0 Å². The number of rotatable bonds is 2. The van der Waals surface area contributed by atoms with Gasteiger partial charge in [-0.1, -0.05) is 0 Å². The summed E-state index contributed by atoms with van der Waals surface area (Å²) < 4.78 is 10.3. The van der Waals surface area contributed by atoms with Crippen LogP contribution in [0, 0.1) is 6.92 Å². The Hall–Kier alpha value is -1.97. The molecule has 84 valence electrons. The van der Waals surface area contributed by atoms with E-state index in [0.717, 1.165) is 5.56 Å². The van der Waals surface area contributed by atoms with Gasteiger partial charge in [-0.25, -0.2) is 4.79 Å². The van der Waals surface area contributed by atoms with Crippen molar-refractivity contribution in [3.63, 3.8) is 0 Å². The highest BCUT2D eigenvalue weighted by molar-refractivity contribution is 5.90. The summed E-state index contributed by atoms with van der Waals surface area (Å²) in [6.45, 7) is 3.51. The number of hydrogen-bond donors (Lipinski definition) is 1. The van der Waals surface area contributed by atoms with Crippen LogP contribution in [0.3, 0.4) is 0 Å². The Morgan fingerprint density at radius 2 is 2.06 bits per heavy atom. The molecule has 4 heteroatoms. The summed E-state index contributed by atoms with van der Waals surface area (Å²) in [5.74, 6) is 0.225. The van der Waals surface area contributed by atoms with E-state index < -0.39 is 6.29 Å². The smallest absolute Gasteiger partial charge is 0.336 e. The number of phenolic OH excluding ortho intramolecular Hbond substituents is 1. The van der Waals surface area contributed by atoms with Crippen molar-refractivity contribution < 1.29 is 19.4 Å². The molecule has 1 aromatic carbocycles. The predicted octanol–water partition coefficient (Wildman–Crippen LogP) is 1.91. The maximum Gasteiger partial charge on any atom is 0.336 e. The molecule has 4 nitrogen and oxygen atoms in total. The number of cyclic esters (lactones) is 1. The van der Waals surface area contributed by atoms with Gasteiger partial charge in [0.2, 0.25) is 0 Å². The van der Waals surface area contributed by atoms with Crippen molar-refractivity contribution in [2.75, 3.05) is 0 Å². The average Bonchev–Trinajstić information content (AvgIpc) is 2.43. The standard InChI is InChI=1S/C12H12O4/c1-7-3-9(13)6-10(4-7)15-11-5-8(2)12(14)16-11/h3-6,11,13H,1-2H3. The highest BCUT2D eigenvalue weighted by atomic mass is 16.7. The molecule has 1 aliphatic rings. The lowest BCUT2D eigenvalue weighted by atomic mass is 10.2. The van der Waals surface area contributed by atoms with E-state index in [2.05, 4.69) is 0 Å². The lowest BCUT2D eigenvalue weighted by Crippen LogP contribution is -2.15. The Kier molecular flexibility index (Phi) is 2.56. The molecule has 2 rings (SSSR count). The van der Waals surface area contributed by atoms with Crippen LogP contribution in [-0.2, 0) is 9.53 Å². The third kappa shape index (κ3) is 2.16. The fourth-order valence-electron chi connectivity index (χ4n) is 1.49. The third-order valence-corrected chi connectivity index (χ3v) is 2.22. The van der Waals surface area contributed by atoms with E-state index in [0.29, 0.717) is 11.3 Å². The van der Waals surface area contributed by atoms with Gasteiger partial charge in [-0.3, -0.25) is 0 Å². The number of hydrogen-bond acceptors (Lipinski definition) is 4. The molecule has 1 N–H and O–H groups in total. The second-order valence-corrected chi connectivity index (χ2v) is 3.75. The molecule has 0 aliphatic carbocycles. The Labute approximate surface area is 93.1 Å². The highest BCUT2D eigenvalue weighted by Gasteiger charge is 2.23. The molecule has 0 aromatic heterocycles. The van der Waals surface area contributed by atoms with Crippen LogP contribution in [0.25, 0.3) is 0 Å². The molecule has 1 heterocycles. The maximum absolute atomic E-state index is 11.1. The van der Waals surface area contributed by atoms with Crippen molar-refractivity contribution in [1.82, 2.24) is 0 Å². The molecule has 16 heavy (non-hydrogen) atoms. The lowest BCUT2D eigenvalue weighted by molar-refractivity contribution is -0.148. The van der Waals surface area contributed by atoms with Gasteiger partial charge < -0.3 is 14.6 Å². The number of benzene rings is 1. The molecule has 0 radical (unpaired) electrons. The van der Waals surface area contributed by atoms with Gasteiger partial charge in [0.05, 0.1) is 0 Å². The maximum atomic E-state index is 11.1. The summed E-state index contributed by atoms with van der Waals surface area (Å²) in [6.07, 6.45) is 0.899. The lowest BCUT2D eigenvalue weighted by Gasteiger charge is -2.12. The topological polar surface area (TPSA) is 55.8 Å². The first-order valence-corrected chi connectivity index (χ1v) is 4.91. The van der Waals surface area contributed by atoms with E-state index >= 15 is 0 Å². The molecule has 0 saturated carbocycles. The van der Waals surface area contributed by atoms with Crippen molar-refractivity contribution in [3.05, 3.63) is 35.4 Å². The van der Waals surface area contributed by atoms with Gasteiger partial charge in [0.1, 0.15) is 11.5 Å². The van der Waals surface area contributed by atoms with Gasteiger partial charge in [-0.15, -0.1) is 0 Å². The van der Waals surface area contributed by atoms with Crippen LogP contribution < -0.4 is 4.74 Å². The monoisotopic (exact) mass is 220 g/mol. The summed E-state index contributed by atoms with van der Waals surface area (Å²) in [5.41, 5.74) is 1.40. The molecule has 1 aliphatic heterocycles.